The smallest absolute Gasteiger partial charge is 0.227 e. The Morgan fingerprint density at radius 1 is 1.14 bits per heavy atom. The van der Waals surface area contributed by atoms with Crippen LogP contribution in [0.5, 0.6) is 0 Å². The van der Waals surface area contributed by atoms with Crippen molar-refractivity contribution in [2.75, 3.05) is 12.3 Å². The van der Waals surface area contributed by atoms with Crippen LogP contribution in [-0.2, 0) is 4.79 Å². The number of amides is 1. The molecule has 0 saturated heterocycles. The SMILES string of the molecule is CC(C(=O)N[C@@H](CO)c1ccccc1)c1cccc(N)c1. The predicted molar refractivity (Wildman–Crippen MR) is 83.7 cm³/mol. The van der Waals surface area contributed by atoms with Crippen LogP contribution in [0.25, 0.3) is 0 Å². The lowest BCUT2D eigenvalue weighted by Gasteiger charge is -2.20. The highest BCUT2D eigenvalue weighted by molar-refractivity contribution is 5.83. The summed E-state index contributed by atoms with van der Waals surface area (Å²) in [6.07, 6.45) is 0. The zero-order chi connectivity index (χ0) is 15.2. The standard InChI is InChI=1S/C17H20N2O2/c1-12(14-8-5-9-15(18)10-14)17(21)19-16(11-20)13-6-3-2-4-7-13/h2-10,12,16,20H,11,18H2,1H3,(H,19,21)/t12?,16-/m0/s1. The lowest BCUT2D eigenvalue weighted by atomic mass is 9.98. The van der Waals surface area contributed by atoms with E-state index >= 15 is 0 Å². The molecule has 2 atom stereocenters. The van der Waals surface area contributed by atoms with E-state index in [1.54, 1.807) is 12.1 Å². The van der Waals surface area contributed by atoms with Crippen molar-refractivity contribution in [1.29, 1.82) is 0 Å². The highest BCUT2D eigenvalue weighted by atomic mass is 16.3. The summed E-state index contributed by atoms with van der Waals surface area (Å²) in [5.41, 5.74) is 8.12. The summed E-state index contributed by atoms with van der Waals surface area (Å²) in [5.74, 6) is -0.463. The molecule has 4 heteroatoms. The second kappa shape index (κ2) is 6.90. The molecule has 0 aromatic heterocycles. The number of anilines is 1. The molecule has 2 aromatic carbocycles. The molecule has 2 aromatic rings. The second-order valence-corrected chi connectivity index (χ2v) is 5.05. The zero-order valence-corrected chi connectivity index (χ0v) is 12.0. The van der Waals surface area contributed by atoms with Gasteiger partial charge in [-0.05, 0) is 30.2 Å². The van der Waals surface area contributed by atoms with Crippen LogP contribution in [0.3, 0.4) is 0 Å². The van der Waals surface area contributed by atoms with Gasteiger partial charge in [-0.3, -0.25) is 4.79 Å². The lowest BCUT2D eigenvalue weighted by molar-refractivity contribution is -0.123. The molecule has 0 bridgehead atoms. The van der Waals surface area contributed by atoms with Gasteiger partial charge in [-0.1, -0.05) is 42.5 Å². The molecule has 0 fully saturated rings. The molecule has 0 aliphatic heterocycles. The molecule has 0 saturated carbocycles. The van der Waals surface area contributed by atoms with Gasteiger partial charge in [0.1, 0.15) is 0 Å². The van der Waals surface area contributed by atoms with Crippen molar-refractivity contribution in [2.45, 2.75) is 18.9 Å². The van der Waals surface area contributed by atoms with Crippen molar-refractivity contribution < 1.29 is 9.90 Å². The molecule has 0 aliphatic carbocycles. The van der Waals surface area contributed by atoms with E-state index in [4.69, 9.17) is 5.73 Å². The van der Waals surface area contributed by atoms with Crippen molar-refractivity contribution in [2.24, 2.45) is 0 Å². The maximum Gasteiger partial charge on any atom is 0.227 e. The summed E-state index contributed by atoms with van der Waals surface area (Å²) in [4.78, 5) is 12.3. The average Bonchev–Trinajstić information content (AvgIpc) is 2.52. The first kappa shape index (κ1) is 15.1. The Labute approximate surface area is 124 Å². The van der Waals surface area contributed by atoms with Gasteiger partial charge in [0, 0.05) is 5.69 Å². The Balaban J connectivity index is 2.09. The minimum absolute atomic E-state index is 0.136. The highest BCUT2D eigenvalue weighted by Gasteiger charge is 2.19. The van der Waals surface area contributed by atoms with Crippen LogP contribution in [0.2, 0.25) is 0 Å². The lowest BCUT2D eigenvalue weighted by Crippen LogP contribution is -2.33. The van der Waals surface area contributed by atoms with Crippen molar-refractivity contribution in [3.8, 4) is 0 Å². The van der Waals surface area contributed by atoms with Crippen molar-refractivity contribution in [3.63, 3.8) is 0 Å². The number of carbonyl (C=O) groups excluding carboxylic acids is 1. The minimum atomic E-state index is -0.401. The van der Waals surface area contributed by atoms with Gasteiger partial charge in [-0.15, -0.1) is 0 Å². The second-order valence-electron chi connectivity index (χ2n) is 5.05. The van der Waals surface area contributed by atoms with Gasteiger partial charge in [0.2, 0.25) is 5.91 Å². The Kier molecular flexibility index (Phi) is 4.95. The van der Waals surface area contributed by atoms with E-state index in [-0.39, 0.29) is 18.4 Å². The minimum Gasteiger partial charge on any atom is -0.399 e. The van der Waals surface area contributed by atoms with Crippen LogP contribution in [0.1, 0.15) is 30.0 Å². The molecule has 2 rings (SSSR count). The van der Waals surface area contributed by atoms with Gasteiger partial charge >= 0.3 is 0 Å². The van der Waals surface area contributed by atoms with Crippen LogP contribution in [0, 0.1) is 0 Å². The van der Waals surface area contributed by atoms with E-state index in [1.807, 2.05) is 49.4 Å². The summed E-state index contributed by atoms with van der Waals surface area (Å²) in [6.45, 7) is 1.68. The fourth-order valence-electron chi connectivity index (χ4n) is 2.20. The van der Waals surface area contributed by atoms with Crippen LogP contribution in [-0.4, -0.2) is 17.6 Å². The van der Waals surface area contributed by atoms with Gasteiger partial charge in [-0.2, -0.15) is 0 Å². The van der Waals surface area contributed by atoms with Crippen LogP contribution in [0.15, 0.2) is 54.6 Å². The Bertz CT molecular complexity index is 599. The van der Waals surface area contributed by atoms with Gasteiger partial charge in [0.15, 0.2) is 0 Å². The largest absolute Gasteiger partial charge is 0.399 e. The van der Waals surface area contributed by atoms with Gasteiger partial charge in [-0.25, -0.2) is 0 Å². The summed E-state index contributed by atoms with van der Waals surface area (Å²) in [7, 11) is 0. The molecule has 1 amide bonds. The number of rotatable bonds is 5. The fraction of sp³-hybridized carbons (Fsp3) is 0.235. The number of benzene rings is 2. The molecular formula is C17H20N2O2. The zero-order valence-electron chi connectivity index (χ0n) is 12.0. The first-order valence-electron chi connectivity index (χ1n) is 6.93. The Morgan fingerprint density at radius 2 is 1.81 bits per heavy atom. The van der Waals surface area contributed by atoms with Crippen molar-refractivity contribution in [3.05, 3.63) is 65.7 Å². The van der Waals surface area contributed by atoms with Gasteiger partial charge in [0.05, 0.1) is 18.6 Å². The summed E-state index contributed by atoms with van der Waals surface area (Å²) < 4.78 is 0. The topological polar surface area (TPSA) is 75.3 Å². The van der Waals surface area contributed by atoms with Gasteiger partial charge < -0.3 is 16.2 Å². The number of nitrogens with one attached hydrogen (secondary N) is 1. The molecule has 0 spiro atoms. The Morgan fingerprint density at radius 3 is 2.43 bits per heavy atom. The predicted octanol–water partition coefficient (Wildman–Crippen LogP) is 2.22. The first-order valence-corrected chi connectivity index (χ1v) is 6.93. The van der Waals surface area contributed by atoms with Crippen molar-refractivity contribution >= 4 is 11.6 Å². The highest BCUT2D eigenvalue weighted by Crippen LogP contribution is 2.20. The number of hydrogen-bond acceptors (Lipinski definition) is 3. The third kappa shape index (κ3) is 3.83. The first-order chi connectivity index (χ1) is 10.1. The normalized spacial score (nSPS) is 13.4. The van der Waals surface area contributed by atoms with Gasteiger partial charge in [0.25, 0.3) is 0 Å². The van der Waals surface area contributed by atoms with E-state index in [0.29, 0.717) is 5.69 Å². The number of hydrogen-bond donors (Lipinski definition) is 3. The maximum atomic E-state index is 12.3. The number of aliphatic hydroxyl groups excluding tert-OH is 1. The Hall–Kier alpha value is -2.33. The average molecular weight is 284 g/mol. The van der Waals surface area contributed by atoms with E-state index < -0.39 is 6.04 Å². The monoisotopic (exact) mass is 284 g/mol. The van der Waals surface area contributed by atoms with E-state index in [9.17, 15) is 9.90 Å². The number of carbonyl (C=O) groups is 1. The number of nitrogen functional groups attached to an aromatic ring is 1. The third-order valence-electron chi connectivity index (χ3n) is 3.50. The summed E-state index contributed by atoms with van der Waals surface area (Å²) >= 11 is 0. The quantitative estimate of drug-likeness (QED) is 0.737. The van der Waals surface area contributed by atoms with Crippen LogP contribution >= 0.6 is 0 Å². The molecule has 21 heavy (non-hydrogen) atoms. The van der Waals surface area contributed by atoms with Crippen LogP contribution in [0.4, 0.5) is 5.69 Å². The molecular weight excluding hydrogens is 264 g/mol. The number of aliphatic hydroxyl groups is 1. The summed E-state index contributed by atoms with van der Waals surface area (Å²) in [5, 5.41) is 12.4. The van der Waals surface area contributed by atoms with E-state index in [2.05, 4.69) is 5.32 Å². The molecule has 1 unspecified atom stereocenters. The molecule has 0 aliphatic rings. The molecule has 0 radical (unpaired) electrons. The molecule has 4 N–H and O–H groups in total. The van der Waals surface area contributed by atoms with Crippen molar-refractivity contribution in [1.82, 2.24) is 5.32 Å². The third-order valence-corrected chi connectivity index (χ3v) is 3.50. The summed E-state index contributed by atoms with van der Waals surface area (Å²) in [6, 6.07) is 16.3. The van der Waals surface area contributed by atoms with E-state index in [1.165, 1.54) is 0 Å². The maximum absolute atomic E-state index is 12.3. The molecule has 110 valence electrons. The number of nitrogens with two attached hydrogens (primary N) is 1. The van der Waals surface area contributed by atoms with Crippen LogP contribution < -0.4 is 11.1 Å². The fourth-order valence-corrected chi connectivity index (χ4v) is 2.20. The molecule has 4 nitrogen and oxygen atoms in total. The molecule has 0 heterocycles. The van der Waals surface area contributed by atoms with E-state index in [0.717, 1.165) is 11.1 Å².